The van der Waals surface area contributed by atoms with Crippen LogP contribution in [-0.2, 0) is 4.79 Å². The van der Waals surface area contributed by atoms with Gasteiger partial charge in [0.2, 0.25) is 5.95 Å². The number of ketones is 1. The van der Waals surface area contributed by atoms with Gasteiger partial charge in [0.05, 0.1) is 0 Å². The molecule has 0 radical (unpaired) electrons. The first kappa shape index (κ1) is 14.6. The molecular formula is C17H17BrN4O. The molecule has 1 aromatic carbocycles. The maximum absolute atomic E-state index is 12.9. The van der Waals surface area contributed by atoms with Crippen molar-refractivity contribution in [2.45, 2.75) is 32.7 Å². The van der Waals surface area contributed by atoms with Gasteiger partial charge in [0.15, 0.2) is 5.78 Å². The van der Waals surface area contributed by atoms with Gasteiger partial charge in [-0.2, -0.15) is 10.1 Å². The van der Waals surface area contributed by atoms with E-state index in [0.717, 1.165) is 27.7 Å². The number of halogens is 1. The Morgan fingerprint density at radius 1 is 1.26 bits per heavy atom. The second kappa shape index (κ2) is 5.03. The van der Waals surface area contributed by atoms with Crippen LogP contribution < -0.4 is 5.32 Å². The molecule has 2 aliphatic rings. The van der Waals surface area contributed by atoms with Gasteiger partial charge in [-0.15, -0.1) is 0 Å². The molecule has 1 N–H and O–H groups in total. The van der Waals surface area contributed by atoms with Gasteiger partial charge in [0.25, 0.3) is 0 Å². The number of nitrogens with one attached hydrogen (secondary N) is 1. The van der Waals surface area contributed by atoms with Crippen LogP contribution >= 0.6 is 15.9 Å². The highest BCUT2D eigenvalue weighted by molar-refractivity contribution is 9.10. The summed E-state index contributed by atoms with van der Waals surface area (Å²) in [6.07, 6.45) is 2.93. The van der Waals surface area contributed by atoms with E-state index in [4.69, 9.17) is 0 Å². The van der Waals surface area contributed by atoms with E-state index in [1.54, 1.807) is 4.68 Å². The summed E-state index contributed by atoms with van der Waals surface area (Å²) in [5.74, 6) is 0.889. The van der Waals surface area contributed by atoms with Crippen molar-refractivity contribution < 1.29 is 4.79 Å². The van der Waals surface area contributed by atoms with Crippen LogP contribution in [0.3, 0.4) is 0 Å². The van der Waals surface area contributed by atoms with E-state index in [0.29, 0.717) is 12.4 Å². The van der Waals surface area contributed by atoms with Crippen LogP contribution in [0.2, 0.25) is 0 Å². The number of rotatable bonds is 1. The Kier molecular flexibility index (Phi) is 3.20. The number of nitrogens with zero attached hydrogens (tertiary/aromatic N) is 3. The van der Waals surface area contributed by atoms with E-state index in [-0.39, 0.29) is 17.2 Å². The van der Waals surface area contributed by atoms with Crippen LogP contribution in [-0.4, -0.2) is 20.5 Å². The number of carbonyl (C=O) groups is 1. The Hall–Kier alpha value is -1.95. The molecule has 0 saturated heterocycles. The third-order valence-corrected chi connectivity index (χ3v) is 4.99. The number of fused-ring (bicyclic) bond motifs is 1. The highest BCUT2D eigenvalue weighted by Gasteiger charge is 2.41. The quantitative estimate of drug-likeness (QED) is 0.828. The second-order valence-corrected chi connectivity index (χ2v) is 7.86. The molecule has 0 fully saturated rings. The fourth-order valence-electron chi connectivity index (χ4n) is 3.50. The number of anilines is 1. The van der Waals surface area contributed by atoms with E-state index in [9.17, 15) is 4.79 Å². The van der Waals surface area contributed by atoms with Crippen LogP contribution in [0.4, 0.5) is 5.95 Å². The molecule has 6 heteroatoms. The standard InChI is InChI=1S/C17H17BrN4O/c1-17(2)7-12-14(13(23)8-17)15(10-3-5-11(18)6-4-10)22-16(21-12)19-9-20-22/h3-6,9,15H,7-8H2,1-2H3,(H,19,20,21)/t15-/m0/s1. The lowest BCUT2D eigenvalue weighted by Gasteiger charge is -2.38. The van der Waals surface area contributed by atoms with Crippen LogP contribution in [0, 0.1) is 5.41 Å². The Balaban J connectivity index is 1.89. The Morgan fingerprint density at radius 2 is 2.00 bits per heavy atom. The van der Waals surface area contributed by atoms with E-state index < -0.39 is 0 Å². The molecule has 1 aliphatic carbocycles. The largest absolute Gasteiger partial charge is 0.328 e. The molecule has 1 aliphatic heterocycles. The number of benzene rings is 1. The molecule has 1 aromatic heterocycles. The molecule has 1 atom stereocenters. The summed E-state index contributed by atoms with van der Waals surface area (Å²) in [5.41, 5.74) is 2.82. The van der Waals surface area contributed by atoms with E-state index in [1.807, 2.05) is 24.3 Å². The number of carbonyl (C=O) groups excluding carboxylic acids is 1. The molecule has 2 heterocycles. The Labute approximate surface area is 142 Å². The fraction of sp³-hybridized carbons (Fsp3) is 0.353. The minimum atomic E-state index is -0.208. The van der Waals surface area contributed by atoms with Crippen LogP contribution in [0.25, 0.3) is 0 Å². The zero-order valence-electron chi connectivity index (χ0n) is 13.0. The van der Waals surface area contributed by atoms with Gasteiger partial charge in [-0.1, -0.05) is 41.9 Å². The van der Waals surface area contributed by atoms with E-state index in [2.05, 4.69) is 45.2 Å². The first-order valence-corrected chi connectivity index (χ1v) is 8.42. The average molecular weight is 373 g/mol. The van der Waals surface area contributed by atoms with Crippen molar-refractivity contribution in [3.8, 4) is 0 Å². The normalized spacial score (nSPS) is 22.4. The van der Waals surface area contributed by atoms with E-state index in [1.165, 1.54) is 6.33 Å². The maximum atomic E-state index is 12.9. The van der Waals surface area contributed by atoms with Gasteiger partial charge in [-0.05, 0) is 29.5 Å². The zero-order valence-corrected chi connectivity index (χ0v) is 14.6. The summed E-state index contributed by atoms with van der Waals surface area (Å²) >= 11 is 3.46. The van der Waals surface area contributed by atoms with Gasteiger partial charge >= 0.3 is 0 Å². The van der Waals surface area contributed by atoms with E-state index >= 15 is 0 Å². The Bertz CT molecular complexity index is 819. The first-order valence-electron chi connectivity index (χ1n) is 7.63. The second-order valence-electron chi connectivity index (χ2n) is 6.94. The van der Waals surface area contributed by atoms with Gasteiger partial charge in [0, 0.05) is 22.2 Å². The lowest BCUT2D eigenvalue weighted by molar-refractivity contribution is -0.118. The molecule has 4 rings (SSSR count). The highest BCUT2D eigenvalue weighted by atomic mass is 79.9. The highest BCUT2D eigenvalue weighted by Crippen LogP contribution is 2.45. The summed E-state index contributed by atoms with van der Waals surface area (Å²) < 4.78 is 2.82. The number of hydrogen-bond donors (Lipinski definition) is 1. The lowest BCUT2D eigenvalue weighted by Crippen LogP contribution is -2.36. The van der Waals surface area contributed by atoms with Gasteiger partial charge in [-0.25, -0.2) is 4.68 Å². The third-order valence-electron chi connectivity index (χ3n) is 4.46. The zero-order chi connectivity index (χ0) is 16.2. The molecule has 2 aromatic rings. The van der Waals surface area contributed by atoms with Crippen molar-refractivity contribution in [2.75, 3.05) is 5.32 Å². The molecule has 0 bridgehead atoms. The maximum Gasteiger partial charge on any atom is 0.226 e. The van der Waals surface area contributed by atoms with Crippen molar-refractivity contribution in [3.63, 3.8) is 0 Å². The predicted molar refractivity (Wildman–Crippen MR) is 91.0 cm³/mol. The third kappa shape index (κ3) is 2.41. The number of aromatic nitrogens is 3. The van der Waals surface area contributed by atoms with Gasteiger partial charge < -0.3 is 5.32 Å². The fourth-order valence-corrected chi connectivity index (χ4v) is 3.77. The molecule has 23 heavy (non-hydrogen) atoms. The van der Waals surface area contributed by atoms with Gasteiger partial charge in [0.1, 0.15) is 12.4 Å². The summed E-state index contributed by atoms with van der Waals surface area (Å²) in [5, 5.41) is 7.66. The number of hydrogen-bond acceptors (Lipinski definition) is 4. The van der Waals surface area contributed by atoms with Crippen LogP contribution in [0.5, 0.6) is 0 Å². The summed E-state index contributed by atoms with van der Waals surface area (Å²) in [6, 6.07) is 7.84. The van der Waals surface area contributed by atoms with Crippen molar-refractivity contribution in [2.24, 2.45) is 5.41 Å². The van der Waals surface area contributed by atoms with Gasteiger partial charge in [-0.3, -0.25) is 4.79 Å². The average Bonchev–Trinajstić information content (AvgIpc) is 2.92. The molecular weight excluding hydrogens is 356 g/mol. The van der Waals surface area contributed by atoms with Crippen molar-refractivity contribution in [1.82, 2.24) is 14.8 Å². The summed E-state index contributed by atoms with van der Waals surface area (Å²) in [7, 11) is 0. The minimum absolute atomic E-state index is 0.0324. The predicted octanol–water partition coefficient (Wildman–Crippen LogP) is 3.70. The van der Waals surface area contributed by atoms with Crippen molar-refractivity contribution >= 4 is 27.7 Å². The number of Topliss-reactive ketones (excluding diaryl/α,β-unsaturated/α-hetero) is 1. The molecule has 0 amide bonds. The minimum Gasteiger partial charge on any atom is -0.328 e. The molecule has 0 spiro atoms. The molecule has 0 unspecified atom stereocenters. The molecule has 5 nitrogen and oxygen atoms in total. The Morgan fingerprint density at radius 3 is 2.74 bits per heavy atom. The molecule has 118 valence electrons. The first-order chi connectivity index (χ1) is 10.9. The smallest absolute Gasteiger partial charge is 0.226 e. The summed E-state index contributed by atoms with van der Waals surface area (Å²) in [6.45, 7) is 4.26. The molecule has 0 saturated carbocycles. The van der Waals surface area contributed by atoms with Crippen LogP contribution in [0.15, 0.2) is 46.3 Å². The number of allylic oxidation sites excluding steroid dienone is 2. The van der Waals surface area contributed by atoms with Crippen molar-refractivity contribution in [3.05, 3.63) is 51.9 Å². The topological polar surface area (TPSA) is 59.8 Å². The monoisotopic (exact) mass is 372 g/mol. The SMILES string of the molecule is CC1(C)CC(=O)C2=C(C1)Nc1ncnn1[C@H]2c1ccc(Br)cc1. The summed E-state index contributed by atoms with van der Waals surface area (Å²) in [4.78, 5) is 17.2. The van der Waals surface area contributed by atoms with Crippen LogP contribution in [0.1, 0.15) is 38.3 Å². The van der Waals surface area contributed by atoms with Crippen molar-refractivity contribution in [1.29, 1.82) is 0 Å². The lowest BCUT2D eigenvalue weighted by atomic mass is 9.73.